The monoisotopic (exact) mass is 257 g/mol. The number of halogens is 3. The largest absolute Gasteiger partial charge is 0.416 e. The van der Waals surface area contributed by atoms with Crippen molar-refractivity contribution in [2.45, 2.75) is 31.9 Å². The second kappa shape index (κ2) is 4.63. The molecule has 1 fully saturated rings. The van der Waals surface area contributed by atoms with Crippen molar-refractivity contribution in [1.29, 1.82) is 0 Å². The van der Waals surface area contributed by atoms with Crippen molar-refractivity contribution < 1.29 is 18.0 Å². The molecule has 1 saturated carbocycles. The molecule has 18 heavy (non-hydrogen) atoms. The highest BCUT2D eigenvalue weighted by Gasteiger charge is 2.38. The predicted octanol–water partition coefficient (Wildman–Crippen LogP) is 3.95. The standard InChI is InChI=1S/C13H14F3NO/c1-8(17-18-2)10-5-6-11(9-3-4-9)12(7-10)13(14,15)16/h5-7,9H,3-4H2,1-2H3. The lowest BCUT2D eigenvalue weighted by Gasteiger charge is -2.14. The maximum atomic E-state index is 13.0. The molecule has 1 aliphatic rings. The molecule has 0 atom stereocenters. The maximum absolute atomic E-state index is 13.0. The summed E-state index contributed by atoms with van der Waals surface area (Å²) in [6.07, 6.45) is -2.64. The quantitative estimate of drug-likeness (QED) is 0.593. The van der Waals surface area contributed by atoms with Crippen LogP contribution in [0.5, 0.6) is 0 Å². The number of alkyl halides is 3. The van der Waals surface area contributed by atoms with Gasteiger partial charge in [0.25, 0.3) is 0 Å². The summed E-state index contributed by atoms with van der Waals surface area (Å²) < 4.78 is 39.0. The van der Waals surface area contributed by atoms with Gasteiger partial charge in [-0.2, -0.15) is 13.2 Å². The fraction of sp³-hybridized carbons (Fsp3) is 0.462. The number of benzene rings is 1. The van der Waals surface area contributed by atoms with Gasteiger partial charge in [0, 0.05) is 0 Å². The summed E-state index contributed by atoms with van der Waals surface area (Å²) in [6, 6.07) is 4.39. The van der Waals surface area contributed by atoms with Gasteiger partial charge in [0.15, 0.2) is 0 Å². The molecule has 0 heterocycles. The minimum absolute atomic E-state index is 0.0651. The average molecular weight is 257 g/mol. The van der Waals surface area contributed by atoms with Crippen LogP contribution in [0.2, 0.25) is 0 Å². The van der Waals surface area contributed by atoms with Crippen molar-refractivity contribution in [2.24, 2.45) is 5.16 Å². The van der Waals surface area contributed by atoms with Crippen LogP contribution in [-0.4, -0.2) is 12.8 Å². The zero-order chi connectivity index (χ0) is 13.3. The third-order valence-corrected chi connectivity index (χ3v) is 3.02. The van der Waals surface area contributed by atoms with Gasteiger partial charge in [0.1, 0.15) is 7.11 Å². The Morgan fingerprint density at radius 3 is 2.50 bits per heavy atom. The van der Waals surface area contributed by atoms with Crippen LogP contribution in [-0.2, 0) is 11.0 Å². The predicted molar refractivity (Wildman–Crippen MR) is 62.6 cm³/mol. The van der Waals surface area contributed by atoms with Crippen LogP contribution in [0.25, 0.3) is 0 Å². The van der Waals surface area contributed by atoms with Gasteiger partial charge in [-0.15, -0.1) is 0 Å². The van der Waals surface area contributed by atoms with Gasteiger partial charge in [-0.1, -0.05) is 17.3 Å². The number of rotatable bonds is 3. The summed E-state index contributed by atoms with van der Waals surface area (Å²) in [7, 11) is 1.37. The first-order valence-electron chi connectivity index (χ1n) is 5.72. The third kappa shape index (κ3) is 2.66. The van der Waals surface area contributed by atoms with E-state index in [0.29, 0.717) is 16.8 Å². The molecule has 2 nitrogen and oxygen atoms in total. The van der Waals surface area contributed by atoms with Crippen LogP contribution in [0, 0.1) is 0 Å². The van der Waals surface area contributed by atoms with E-state index in [1.165, 1.54) is 7.11 Å². The van der Waals surface area contributed by atoms with E-state index in [9.17, 15) is 13.2 Å². The van der Waals surface area contributed by atoms with Gasteiger partial charge < -0.3 is 4.84 Å². The molecule has 1 aliphatic carbocycles. The zero-order valence-electron chi connectivity index (χ0n) is 10.2. The average Bonchev–Trinajstić information content (AvgIpc) is 3.11. The molecule has 1 aromatic rings. The molecule has 5 heteroatoms. The van der Waals surface area contributed by atoms with Gasteiger partial charge in [-0.3, -0.25) is 0 Å². The Morgan fingerprint density at radius 1 is 1.33 bits per heavy atom. The number of hydrogen-bond acceptors (Lipinski definition) is 2. The highest BCUT2D eigenvalue weighted by Crippen LogP contribution is 2.46. The van der Waals surface area contributed by atoms with E-state index in [1.54, 1.807) is 19.1 Å². The van der Waals surface area contributed by atoms with Crippen molar-refractivity contribution in [1.82, 2.24) is 0 Å². The van der Waals surface area contributed by atoms with E-state index in [0.717, 1.165) is 18.9 Å². The molecule has 0 saturated heterocycles. The van der Waals surface area contributed by atoms with Crippen molar-refractivity contribution in [2.75, 3.05) is 7.11 Å². The van der Waals surface area contributed by atoms with Crippen LogP contribution in [0.1, 0.15) is 42.4 Å². The number of oxime groups is 1. The van der Waals surface area contributed by atoms with E-state index in [1.807, 2.05) is 0 Å². The lowest BCUT2D eigenvalue weighted by atomic mass is 9.98. The van der Waals surface area contributed by atoms with Crippen LogP contribution in [0.3, 0.4) is 0 Å². The van der Waals surface area contributed by atoms with Gasteiger partial charge in [-0.05, 0) is 42.9 Å². The van der Waals surface area contributed by atoms with Gasteiger partial charge >= 0.3 is 6.18 Å². The second-order valence-electron chi connectivity index (χ2n) is 4.43. The maximum Gasteiger partial charge on any atom is 0.416 e. The molecular weight excluding hydrogens is 243 g/mol. The van der Waals surface area contributed by atoms with Crippen molar-refractivity contribution >= 4 is 5.71 Å². The van der Waals surface area contributed by atoms with E-state index < -0.39 is 11.7 Å². The highest BCUT2D eigenvalue weighted by atomic mass is 19.4. The molecule has 0 radical (unpaired) electrons. The normalized spacial score (nSPS) is 16.8. The lowest BCUT2D eigenvalue weighted by Crippen LogP contribution is -2.10. The Kier molecular flexibility index (Phi) is 3.32. The van der Waals surface area contributed by atoms with Crippen molar-refractivity contribution in [3.05, 3.63) is 34.9 Å². The number of nitrogens with zero attached hydrogens (tertiary/aromatic N) is 1. The Morgan fingerprint density at radius 2 is 2.00 bits per heavy atom. The molecule has 0 aliphatic heterocycles. The molecule has 2 rings (SSSR count). The Bertz CT molecular complexity index is 476. The first kappa shape index (κ1) is 12.9. The number of hydrogen-bond donors (Lipinski definition) is 0. The van der Waals surface area contributed by atoms with E-state index in [2.05, 4.69) is 9.99 Å². The van der Waals surface area contributed by atoms with Gasteiger partial charge in [-0.25, -0.2) is 0 Å². The van der Waals surface area contributed by atoms with Crippen LogP contribution in [0.15, 0.2) is 23.4 Å². The van der Waals surface area contributed by atoms with Crippen LogP contribution >= 0.6 is 0 Å². The van der Waals surface area contributed by atoms with Crippen LogP contribution in [0.4, 0.5) is 13.2 Å². The summed E-state index contributed by atoms with van der Waals surface area (Å²) in [5.41, 5.74) is 0.726. The molecule has 0 spiro atoms. The minimum atomic E-state index is -4.32. The molecule has 0 amide bonds. The summed E-state index contributed by atoms with van der Waals surface area (Å²) in [4.78, 5) is 4.58. The first-order chi connectivity index (χ1) is 8.43. The molecule has 98 valence electrons. The lowest BCUT2D eigenvalue weighted by molar-refractivity contribution is -0.138. The van der Waals surface area contributed by atoms with Crippen molar-refractivity contribution in [3.8, 4) is 0 Å². The van der Waals surface area contributed by atoms with E-state index in [-0.39, 0.29) is 5.92 Å². The smallest absolute Gasteiger partial charge is 0.399 e. The van der Waals surface area contributed by atoms with Crippen molar-refractivity contribution in [3.63, 3.8) is 0 Å². The zero-order valence-corrected chi connectivity index (χ0v) is 10.2. The Balaban J connectivity index is 2.45. The summed E-state index contributed by atoms with van der Waals surface area (Å²) in [6.45, 7) is 1.62. The Labute approximate surface area is 103 Å². The summed E-state index contributed by atoms with van der Waals surface area (Å²) in [5.74, 6) is 0.0651. The minimum Gasteiger partial charge on any atom is -0.399 e. The van der Waals surface area contributed by atoms with E-state index in [4.69, 9.17) is 0 Å². The van der Waals surface area contributed by atoms with Gasteiger partial charge in [0.2, 0.25) is 0 Å². The summed E-state index contributed by atoms with van der Waals surface area (Å²) >= 11 is 0. The molecule has 0 unspecified atom stereocenters. The van der Waals surface area contributed by atoms with E-state index >= 15 is 0 Å². The fourth-order valence-corrected chi connectivity index (χ4v) is 1.97. The molecule has 0 N–H and O–H groups in total. The molecule has 1 aromatic carbocycles. The second-order valence-corrected chi connectivity index (χ2v) is 4.43. The molecule has 0 bridgehead atoms. The van der Waals surface area contributed by atoms with Crippen LogP contribution < -0.4 is 0 Å². The first-order valence-corrected chi connectivity index (χ1v) is 5.72. The van der Waals surface area contributed by atoms with Gasteiger partial charge in [0.05, 0.1) is 11.3 Å². The highest BCUT2D eigenvalue weighted by molar-refractivity contribution is 5.98. The summed E-state index contributed by atoms with van der Waals surface area (Å²) in [5, 5.41) is 3.66. The third-order valence-electron chi connectivity index (χ3n) is 3.02. The Hall–Kier alpha value is -1.52. The SMILES string of the molecule is CON=C(C)c1ccc(C2CC2)c(C(F)(F)F)c1. The molecule has 0 aromatic heterocycles. The topological polar surface area (TPSA) is 21.6 Å². The molecular formula is C13H14F3NO. The fourth-order valence-electron chi connectivity index (χ4n) is 1.97.